The van der Waals surface area contributed by atoms with Crippen LogP contribution in [0.2, 0.25) is 0 Å². The van der Waals surface area contributed by atoms with Crippen LogP contribution in [0.5, 0.6) is 0 Å². The maximum absolute atomic E-state index is 13.8. The second kappa shape index (κ2) is 10.3. The molecule has 1 N–H and O–H groups in total. The average molecular weight is 488 g/mol. The standard InChI is InChI=1S/C29H33N3O2S/c1-20(2)18-32-27(25-12-7-17-35-25)26(23-10-5-6-11-24(23)29(32)34)28(33)30-14-16-31-15-13-21-8-3-4-9-22(21)19-31/h3-12,17,20,26-27H,13-16,18-19H2,1-2H3,(H,30,33)/t26-,27-/m1/s1. The molecule has 0 radical (unpaired) electrons. The number of carbonyl (C=O) groups is 2. The molecule has 2 aliphatic rings. The summed E-state index contributed by atoms with van der Waals surface area (Å²) in [7, 11) is 0. The lowest BCUT2D eigenvalue weighted by Gasteiger charge is -2.42. The Morgan fingerprint density at radius 3 is 2.60 bits per heavy atom. The van der Waals surface area contributed by atoms with E-state index in [1.165, 1.54) is 11.1 Å². The Kier molecular flexibility index (Phi) is 7.02. The van der Waals surface area contributed by atoms with Crippen LogP contribution in [0.15, 0.2) is 66.0 Å². The Labute approximate surface area is 211 Å². The van der Waals surface area contributed by atoms with Crippen LogP contribution in [0.4, 0.5) is 0 Å². The van der Waals surface area contributed by atoms with Crippen molar-refractivity contribution in [2.75, 3.05) is 26.2 Å². The SMILES string of the molecule is CC(C)CN1C(=O)c2ccccc2[C@@H](C(=O)NCCN2CCc3ccccc3C2)[C@H]1c1cccs1. The Hall–Kier alpha value is -2.96. The van der Waals surface area contributed by atoms with E-state index < -0.39 is 5.92 Å². The first-order chi connectivity index (χ1) is 17.0. The van der Waals surface area contributed by atoms with Gasteiger partial charge in [0.05, 0.1) is 12.0 Å². The normalized spacial score (nSPS) is 20.0. The molecule has 35 heavy (non-hydrogen) atoms. The highest BCUT2D eigenvalue weighted by molar-refractivity contribution is 7.10. The molecule has 5 nitrogen and oxygen atoms in total. The van der Waals surface area contributed by atoms with E-state index in [4.69, 9.17) is 0 Å². The molecule has 3 aromatic rings. The van der Waals surface area contributed by atoms with Gasteiger partial charge in [-0.15, -0.1) is 11.3 Å². The summed E-state index contributed by atoms with van der Waals surface area (Å²) in [5.41, 5.74) is 4.29. The second-order valence-corrected chi connectivity index (χ2v) is 10.9. The molecule has 0 fully saturated rings. The van der Waals surface area contributed by atoms with Crippen molar-refractivity contribution in [3.63, 3.8) is 0 Å². The smallest absolute Gasteiger partial charge is 0.254 e. The zero-order chi connectivity index (χ0) is 24.4. The minimum absolute atomic E-state index is 0.00508. The number of nitrogens with one attached hydrogen (secondary N) is 1. The van der Waals surface area contributed by atoms with Gasteiger partial charge < -0.3 is 10.2 Å². The van der Waals surface area contributed by atoms with Crippen molar-refractivity contribution in [3.05, 3.63) is 93.2 Å². The minimum Gasteiger partial charge on any atom is -0.354 e. The number of hydrogen-bond donors (Lipinski definition) is 1. The zero-order valence-corrected chi connectivity index (χ0v) is 21.3. The van der Waals surface area contributed by atoms with E-state index in [1.54, 1.807) is 11.3 Å². The Balaban J connectivity index is 1.36. The molecule has 1 aromatic heterocycles. The molecule has 0 saturated heterocycles. The van der Waals surface area contributed by atoms with Gasteiger partial charge in [-0.3, -0.25) is 14.5 Å². The number of fused-ring (bicyclic) bond motifs is 2. The van der Waals surface area contributed by atoms with E-state index in [2.05, 4.69) is 54.4 Å². The van der Waals surface area contributed by atoms with Crippen molar-refractivity contribution < 1.29 is 9.59 Å². The quantitative estimate of drug-likeness (QED) is 0.518. The molecule has 6 heteroatoms. The number of amides is 2. The fourth-order valence-corrected chi connectivity index (χ4v) is 6.31. The number of carbonyl (C=O) groups excluding carboxylic acids is 2. The largest absolute Gasteiger partial charge is 0.354 e. The first-order valence-corrected chi connectivity index (χ1v) is 13.4. The van der Waals surface area contributed by atoms with Crippen LogP contribution in [-0.4, -0.2) is 47.8 Å². The molecule has 0 spiro atoms. The molecule has 0 saturated carbocycles. The molecular formula is C29H33N3O2S. The predicted octanol–water partition coefficient (Wildman–Crippen LogP) is 4.86. The number of benzene rings is 2. The third kappa shape index (κ3) is 4.91. The molecule has 2 aliphatic heterocycles. The van der Waals surface area contributed by atoms with Crippen LogP contribution < -0.4 is 5.32 Å². The van der Waals surface area contributed by atoms with Gasteiger partial charge in [0, 0.05) is 43.2 Å². The third-order valence-corrected chi connectivity index (χ3v) is 8.00. The molecule has 2 amide bonds. The molecule has 2 atom stereocenters. The topological polar surface area (TPSA) is 52.7 Å². The van der Waals surface area contributed by atoms with Gasteiger partial charge in [0.1, 0.15) is 0 Å². The highest BCUT2D eigenvalue weighted by Gasteiger charge is 2.44. The lowest BCUT2D eigenvalue weighted by molar-refractivity contribution is -0.124. The van der Waals surface area contributed by atoms with Gasteiger partial charge in [0.2, 0.25) is 5.91 Å². The molecule has 3 heterocycles. The van der Waals surface area contributed by atoms with Gasteiger partial charge in [0.15, 0.2) is 0 Å². The summed E-state index contributed by atoms with van der Waals surface area (Å²) in [6.45, 7) is 8.19. The number of thiophene rings is 1. The zero-order valence-electron chi connectivity index (χ0n) is 20.4. The number of rotatable bonds is 7. The molecule has 0 bridgehead atoms. The summed E-state index contributed by atoms with van der Waals surface area (Å²) in [4.78, 5) is 32.7. The second-order valence-electron chi connectivity index (χ2n) is 9.96. The summed E-state index contributed by atoms with van der Waals surface area (Å²) in [5, 5.41) is 5.26. The van der Waals surface area contributed by atoms with Crippen molar-refractivity contribution >= 4 is 23.2 Å². The van der Waals surface area contributed by atoms with Crippen molar-refractivity contribution in [1.29, 1.82) is 0 Å². The fraction of sp³-hybridized carbons (Fsp3) is 0.379. The van der Waals surface area contributed by atoms with E-state index in [0.717, 1.165) is 36.5 Å². The summed E-state index contributed by atoms with van der Waals surface area (Å²) in [6, 6.07) is 20.0. The van der Waals surface area contributed by atoms with Crippen LogP contribution >= 0.6 is 11.3 Å². The minimum atomic E-state index is -0.427. The van der Waals surface area contributed by atoms with Gasteiger partial charge in [-0.2, -0.15) is 0 Å². The molecular weight excluding hydrogens is 454 g/mol. The van der Waals surface area contributed by atoms with Crippen molar-refractivity contribution in [1.82, 2.24) is 15.1 Å². The van der Waals surface area contributed by atoms with E-state index in [-0.39, 0.29) is 17.9 Å². The highest BCUT2D eigenvalue weighted by atomic mass is 32.1. The Bertz CT molecular complexity index is 1190. The van der Waals surface area contributed by atoms with Crippen molar-refractivity contribution in [3.8, 4) is 0 Å². The predicted molar refractivity (Wildman–Crippen MR) is 141 cm³/mol. The summed E-state index contributed by atoms with van der Waals surface area (Å²) >= 11 is 1.62. The van der Waals surface area contributed by atoms with Crippen LogP contribution in [0.25, 0.3) is 0 Å². The van der Waals surface area contributed by atoms with Crippen LogP contribution in [0.1, 0.15) is 57.7 Å². The van der Waals surface area contributed by atoms with Crippen molar-refractivity contribution in [2.24, 2.45) is 5.92 Å². The van der Waals surface area contributed by atoms with E-state index in [9.17, 15) is 9.59 Å². The Morgan fingerprint density at radius 2 is 1.83 bits per heavy atom. The van der Waals surface area contributed by atoms with Crippen LogP contribution in [0.3, 0.4) is 0 Å². The van der Waals surface area contributed by atoms with E-state index >= 15 is 0 Å². The van der Waals surface area contributed by atoms with Gasteiger partial charge >= 0.3 is 0 Å². The summed E-state index contributed by atoms with van der Waals surface area (Å²) < 4.78 is 0. The molecule has 182 valence electrons. The van der Waals surface area contributed by atoms with Crippen LogP contribution in [0, 0.1) is 5.92 Å². The number of hydrogen-bond acceptors (Lipinski definition) is 4. The van der Waals surface area contributed by atoms with Crippen LogP contribution in [-0.2, 0) is 17.8 Å². The fourth-order valence-electron chi connectivity index (χ4n) is 5.44. The lowest BCUT2D eigenvalue weighted by atomic mass is 9.81. The van der Waals surface area contributed by atoms with Crippen molar-refractivity contribution in [2.45, 2.75) is 38.8 Å². The highest BCUT2D eigenvalue weighted by Crippen LogP contribution is 2.44. The van der Waals surface area contributed by atoms with E-state index in [0.29, 0.717) is 24.6 Å². The molecule has 2 aromatic carbocycles. The molecule has 5 rings (SSSR count). The molecule has 0 unspecified atom stereocenters. The lowest BCUT2D eigenvalue weighted by Crippen LogP contribution is -2.49. The monoisotopic (exact) mass is 487 g/mol. The van der Waals surface area contributed by atoms with Gasteiger partial charge in [-0.25, -0.2) is 0 Å². The first kappa shape index (κ1) is 23.8. The maximum atomic E-state index is 13.8. The third-order valence-electron chi connectivity index (χ3n) is 7.05. The summed E-state index contributed by atoms with van der Waals surface area (Å²) in [5.74, 6) is -0.112. The summed E-state index contributed by atoms with van der Waals surface area (Å²) in [6.07, 6.45) is 1.05. The Morgan fingerprint density at radius 1 is 1.06 bits per heavy atom. The average Bonchev–Trinajstić information content (AvgIpc) is 3.40. The number of nitrogens with zero attached hydrogens (tertiary/aromatic N) is 2. The van der Waals surface area contributed by atoms with Gasteiger partial charge in [0.25, 0.3) is 5.91 Å². The molecule has 0 aliphatic carbocycles. The van der Waals surface area contributed by atoms with Gasteiger partial charge in [-0.1, -0.05) is 62.4 Å². The first-order valence-electron chi connectivity index (χ1n) is 12.5. The van der Waals surface area contributed by atoms with E-state index in [1.807, 2.05) is 40.6 Å². The maximum Gasteiger partial charge on any atom is 0.254 e. The van der Waals surface area contributed by atoms with Gasteiger partial charge in [-0.05, 0) is 46.5 Å².